The minimum Gasteiger partial charge on any atom is -0.354 e. The fourth-order valence-corrected chi connectivity index (χ4v) is 3.28. The lowest BCUT2D eigenvalue weighted by molar-refractivity contribution is 0.633. The van der Waals surface area contributed by atoms with Crippen LogP contribution in [-0.4, -0.2) is 38.8 Å². The van der Waals surface area contributed by atoms with E-state index in [0.29, 0.717) is 6.54 Å². The van der Waals surface area contributed by atoms with Crippen molar-refractivity contribution in [2.24, 2.45) is 12.0 Å². The van der Waals surface area contributed by atoms with Crippen molar-refractivity contribution >= 4 is 5.96 Å². The van der Waals surface area contributed by atoms with Gasteiger partial charge in [0.2, 0.25) is 0 Å². The fourth-order valence-electron chi connectivity index (χ4n) is 3.28. The van der Waals surface area contributed by atoms with Gasteiger partial charge in [0.25, 0.3) is 0 Å². The third kappa shape index (κ3) is 4.60. The van der Waals surface area contributed by atoms with Crippen LogP contribution in [-0.2, 0) is 20.0 Å². The van der Waals surface area contributed by atoms with Crippen molar-refractivity contribution in [1.82, 2.24) is 30.4 Å². The van der Waals surface area contributed by atoms with Crippen LogP contribution < -0.4 is 10.6 Å². The Labute approximate surface area is 166 Å². The minimum absolute atomic E-state index is 0.226. The number of aromatic amines is 1. The van der Waals surface area contributed by atoms with E-state index in [2.05, 4.69) is 63.6 Å². The summed E-state index contributed by atoms with van der Waals surface area (Å²) in [7, 11) is 3.76. The van der Waals surface area contributed by atoms with Gasteiger partial charge in [0.15, 0.2) is 5.96 Å². The number of benzene rings is 1. The van der Waals surface area contributed by atoms with E-state index in [1.165, 1.54) is 11.3 Å². The van der Waals surface area contributed by atoms with Gasteiger partial charge in [-0.15, -0.1) is 0 Å². The first-order chi connectivity index (χ1) is 13.5. The molecule has 2 heterocycles. The highest BCUT2D eigenvalue weighted by Crippen LogP contribution is 2.16. The molecule has 7 heteroatoms. The van der Waals surface area contributed by atoms with Crippen LogP contribution in [0, 0.1) is 13.8 Å². The van der Waals surface area contributed by atoms with Crippen molar-refractivity contribution in [3.63, 3.8) is 0 Å². The second-order valence-electron chi connectivity index (χ2n) is 7.06. The fraction of sp³-hybridized carbons (Fsp3) is 0.381. The second-order valence-corrected chi connectivity index (χ2v) is 7.06. The van der Waals surface area contributed by atoms with Gasteiger partial charge >= 0.3 is 0 Å². The first-order valence-electron chi connectivity index (χ1n) is 9.53. The van der Waals surface area contributed by atoms with Crippen molar-refractivity contribution in [2.75, 3.05) is 7.05 Å². The molecule has 3 N–H and O–H groups in total. The predicted molar refractivity (Wildman–Crippen MR) is 113 cm³/mol. The number of aryl methyl sites for hydroxylation is 2. The maximum Gasteiger partial charge on any atom is 0.191 e. The summed E-state index contributed by atoms with van der Waals surface area (Å²) in [5.74, 6) is 1.62. The summed E-state index contributed by atoms with van der Waals surface area (Å²) in [5, 5.41) is 11.3. The molecule has 0 saturated carbocycles. The summed E-state index contributed by atoms with van der Waals surface area (Å²) in [6, 6.07) is 10.4. The van der Waals surface area contributed by atoms with E-state index in [4.69, 9.17) is 0 Å². The maximum absolute atomic E-state index is 4.50. The molecule has 0 aliphatic rings. The zero-order valence-corrected chi connectivity index (χ0v) is 17.2. The molecule has 148 valence electrons. The Morgan fingerprint density at radius 2 is 2.00 bits per heavy atom. The van der Waals surface area contributed by atoms with Crippen molar-refractivity contribution < 1.29 is 0 Å². The standard InChI is InChI=1S/C21H29N7/c1-14(11-18-15(2)27-28(5)16(18)3)25-21(22-4)24-13-20-23-12-19(26-20)17-9-7-6-8-10-17/h6-10,12,14H,11,13H2,1-5H3,(H,23,26)(H2,22,24,25). The molecule has 0 bridgehead atoms. The lowest BCUT2D eigenvalue weighted by atomic mass is 10.1. The number of rotatable bonds is 6. The van der Waals surface area contributed by atoms with Crippen LogP contribution in [0.3, 0.4) is 0 Å². The van der Waals surface area contributed by atoms with E-state index in [-0.39, 0.29) is 6.04 Å². The molecule has 28 heavy (non-hydrogen) atoms. The highest BCUT2D eigenvalue weighted by molar-refractivity contribution is 5.79. The van der Waals surface area contributed by atoms with Crippen LogP contribution in [0.1, 0.15) is 29.7 Å². The Bertz CT molecular complexity index is 937. The molecule has 3 rings (SSSR count). The molecule has 7 nitrogen and oxygen atoms in total. The van der Waals surface area contributed by atoms with E-state index < -0.39 is 0 Å². The Balaban J connectivity index is 1.55. The maximum atomic E-state index is 4.50. The number of H-pyrrole nitrogens is 1. The summed E-state index contributed by atoms with van der Waals surface area (Å²) in [5.41, 5.74) is 5.71. The number of nitrogens with zero attached hydrogens (tertiary/aromatic N) is 4. The van der Waals surface area contributed by atoms with Crippen LogP contribution in [0.15, 0.2) is 41.5 Å². The zero-order chi connectivity index (χ0) is 20.1. The highest BCUT2D eigenvalue weighted by atomic mass is 15.3. The van der Waals surface area contributed by atoms with E-state index in [1.54, 1.807) is 7.05 Å². The Kier molecular flexibility index (Phi) is 6.13. The first kappa shape index (κ1) is 19.7. The highest BCUT2D eigenvalue weighted by Gasteiger charge is 2.14. The van der Waals surface area contributed by atoms with Gasteiger partial charge in [-0.2, -0.15) is 5.10 Å². The topological polar surface area (TPSA) is 82.9 Å². The number of aliphatic imine (C=N–C) groups is 1. The SMILES string of the molecule is CN=C(NCc1ncc(-c2ccccc2)[nH]1)NC(C)Cc1c(C)nn(C)c1C. The predicted octanol–water partition coefficient (Wildman–Crippen LogP) is 2.72. The van der Waals surface area contributed by atoms with Crippen LogP contribution in [0.5, 0.6) is 0 Å². The average molecular weight is 380 g/mol. The molecule has 1 unspecified atom stereocenters. The van der Waals surface area contributed by atoms with Crippen molar-refractivity contribution in [3.8, 4) is 11.3 Å². The smallest absolute Gasteiger partial charge is 0.191 e. The number of nitrogens with one attached hydrogen (secondary N) is 3. The van der Waals surface area contributed by atoms with Gasteiger partial charge < -0.3 is 15.6 Å². The molecular formula is C21H29N7. The summed E-state index contributed by atoms with van der Waals surface area (Å²) in [6.07, 6.45) is 2.75. The Morgan fingerprint density at radius 1 is 1.25 bits per heavy atom. The molecule has 0 saturated heterocycles. The molecule has 1 atom stereocenters. The molecule has 0 amide bonds. The summed E-state index contributed by atoms with van der Waals surface area (Å²) < 4.78 is 1.94. The molecule has 3 aromatic rings. The van der Waals surface area contributed by atoms with E-state index in [1.807, 2.05) is 36.1 Å². The normalized spacial score (nSPS) is 12.8. The van der Waals surface area contributed by atoms with Crippen LogP contribution >= 0.6 is 0 Å². The van der Waals surface area contributed by atoms with Gasteiger partial charge in [0.05, 0.1) is 24.1 Å². The van der Waals surface area contributed by atoms with Crippen molar-refractivity contribution in [2.45, 2.75) is 39.8 Å². The van der Waals surface area contributed by atoms with Crippen molar-refractivity contribution in [3.05, 3.63) is 59.3 Å². The van der Waals surface area contributed by atoms with Gasteiger partial charge in [-0.3, -0.25) is 9.67 Å². The van der Waals surface area contributed by atoms with Gasteiger partial charge in [-0.05, 0) is 38.3 Å². The molecule has 2 aromatic heterocycles. The monoisotopic (exact) mass is 379 g/mol. The molecule has 1 aromatic carbocycles. The summed E-state index contributed by atoms with van der Waals surface area (Å²) in [4.78, 5) is 12.1. The largest absolute Gasteiger partial charge is 0.354 e. The average Bonchev–Trinajstić information content (AvgIpc) is 3.26. The number of aromatic nitrogens is 4. The number of guanidine groups is 1. The lowest BCUT2D eigenvalue weighted by Crippen LogP contribution is -2.43. The van der Waals surface area contributed by atoms with Gasteiger partial charge in [-0.1, -0.05) is 30.3 Å². The van der Waals surface area contributed by atoms with Crippen LogP contribution in [0.4, 0.5) is 0 Å². The van der Waals surface area contributed by atoms with Gasteiger partial charge in [0, 0.05) is 25.8 Å². The van der Waals surface area contributed by atoms with E-state index in [0.717, 1.165) is 35.2 Å². The number of hydrogen-bond acceptors (Lipinski definition) is 3. The summed E-state index contributed by atoms with van der Waals surface area (Å²) >= 11 is 0. The minimum atomic E-state index is 0.226. The first-order valence-corrected chi connectivity index (χ1v) is 9.53. The molecule has 0 spiro atoms. The molecule has 0 aliphatic heterocycles. The summed E-state index contributed by atoms with van der Waals surface area (Å²) in [6.45, 7) is 6.89. The van der Waals surface area contributed by atoms with E-state index in [9.17, 15) is 0 Å². The third-order valence-electron chi connectivity index (χ3n) is 4.91. The lowest BCUT2D eigenvalue weighted by Gasteiger charge is -2.18. The quantitative estimate of drug-likeness (QED) is 0.454. The number of imidazole rings is 1. The van der Waals surface area contributed by atoms with E-state index >= 15 is 0 Å². The second kappa shape index (κ2) is 8.73. The van der Waals surface area contributed by atoms with Crippen LogP contribution in [0.2, 0.25) is 0 Å². The van der Waals surface area contributed by atoms with Crippen LogP contribution in [0.25, 0.3) is 11.3 Å². The zero-order valence-electron chi connectivity index (χ0n) is 17.2. The molecule has 0 fully saturated rings. The Morgan fingerprint density at radius 3 is 2.64 bits per heavy atom. The number of hydrogen-bond donors (Lipinski definition) is 3. The van der Waals surface area contributed by atoms with Gasteiger partial charge in [0.1, 0.15) is 5.82 Å². The molecule has 0 aliphatic carbocycles. The van der Waals surface area contributed by atoms with Gasteiger partial charge in [-0.25, -0.2) is 4.98 Å². The van der Waals surface area contributed by atoms with Crippen molar-refractivity contribution in [1.29, 1.82) is 0 Å². The Hall–Kier alpha value is -3.09. The molecular weight excluding hydrogens is 350 g/mol. The molecule has 0 radical (unpaired) electrons. The third-order valence-corrected chi connectivity index (χ3v) is 4.91.